The van der Waals surface area contributed by atoms with Crippen molar-refractivity contribution in [1.82, 2.24) is 0 Å². The van der Waals surface area contributed by atoms with Crippen molar-refractivity contribution in [2.75, 3.05) is 0 Å². The molecule has 0 unspecified atom stereocenters. The topological polar surface area (TPSA) is 0 Å². The summed E-state index contributed by atoms with van der Waals surface area (Å²) < 4.78 is 0. The zero-order valence-electron chi connectivity index (χ0n) is 5.49. The van der Waals surface area contributed by atoms with Crippen LogP contribution in [0.4, 0.5) is 0 Å². The Morgan fingerprint density at radius 2 is 1.71 bits per heavy atom. The first-order valence-corrected chi connectivity index (χ1v) is 2.63. The van der Waals surface area contributed by atoms with Crippen molar-refractivity contribution in [3.8, 4) is 0 Å². The van der Waals surface area contributed by atoms with Crippen molar-refractivity contribution in [2.24, 2.45) is 0 Å². The van der Waals surface area contributed by atoms with Crippen LogP contribution in [0.15, 0.2) is 18.4 Å². The molecule has 7 heavy (non-hydrogen) atoms. The fourth-order valence-electron chi connectivity index (χ4n) is 0. The minimum atomic E-state index is 1.25. The smallest absolute Gasteiger partial charge is 0.0393 e. The zero-order chi connectivity index (χ0) is 6.12. The molecule has 0 aliphatic rings. The zero-order valence-corrected chi connectivity index (χ0v) is 5.49. The fourth-order valence-corrected chi connectivity index (χ4v) is 0. The Balaban J connectivity index is 0. The van der Waals surface area contributed by atoms with E-state index in [0.29, 0.717) is 0 Å². The lowest BCUT2D eigenvalue weighted by Gasteiger charge is -1.48. The Bertz CT molecular complexity index is 47.1. The molecule has 0 bridgehead atoms. The summed E-state index contributed by atoms with van der Waals surface area (Å²) in [6.07, 6.45) is 3.01. The number of rotatable bonds is 0. The van der Waals surface area contributed by atoms with Crippen LogP contribution in [0.2, 0.25) is 0 Å². The van der Waals surface area contributed by atoms with Crippen LogP contribution in [-0.4, -0.2) is 0 Å². The van der Waals surface area contributed by atoms with Gasteiger partial charge < -0.3 is 0 Å². The molecule has 0 saturated heterocycles. The van der Waals surface area contributed by atoms with Gasteiger partial charge in [0, 0.05) is 0 Å². The van der Waals surface area contributed by atoms with Gasteiger partial charge in [-0.25, -0.2) is 0 Å². The molecule has 0 N–H and O–H groups in total. The summed E-state index contributed by atoms with van der Waals surface area (Å²) in [7, 11) is 0. The maximum absolute atomic E-state index is 3.30. The molecule has 0 amide bonds. The minimum Gasteiger partial charge on any atom is -0.133 e. The van der Waals surface area contributed by atoms with Crippen LogP contribution in [-0.2, 0) is 0 Å². The summed E-state index contributed by atoms with van der Waals surface area (Å²) in [6, 6.07) is 0. The highest BCUT2D eigenvalue weighted by atomic mass is 13.4. The van der Waals surface area contributed by atoms with Crippen LogP contribution in [0.25, 0.3) is 0 Å². The largest absolute Gasteiger partial charge is 0.133 e. The number of hydrogen-bond donors (Lipinski definition) is 0. The van der Waals surface area contributed by atoms with Gasteiger partial charge in [0.25, 0.3) is 0 Å². The van der Waals surface area contributed by atoms with Crippen molar-refractivity contribution in [3.63, 3.8) is 0 Å². The SMILES string of the molecule is C=C=CC.CCC. The Kier molecular flexibility index (Phi) is 24.7. The summed E-state index contributed by atoms with van der Waals surface area (Å²) in [4.78, 5) is 0. The van der Waals surface area contributed by atoms with Gasteiger partial charge in [-0.15, -0.1) is 5.73 Å². The van der Waals surface area contributed by atoms with Gasteiger partial charge in [-0.2, -0.15) is 0 Å². The first-order valence-electron chi connectivity index (χ1n) is 2.63. The molecule has 0 aliphatic carbocycles. The molecule has 0 rings (SSSR count). The van der Waals surface area contributed by atoms with E-state index in [4.69, 9.17) is 0 Å². The van der Waals surface area contributed by atoms with Crippen molar-refractivity contribution < 1.29 is 0 Å². The molecule has 0 fully saturated rings. The second-order valence-corrected chi connectivity index (χ2v) is 1.20. The van der Waals surface area contributed by atoms with Gasteiger partial charge in [-0.1, -0.05) is 26.8 Å². The van der Waals surface area contributed by atoms with Crippen molar-refractivity contribution in [3.05, 3.63) is 18.4 Å². The fraction of sp³-hybridized carbons (Fsp3) is 0.571. The molecule has 0 saturated carbocycles. The quantitative estimate of drug-likeness (QED) is 0.409. The van der Waals surface area contributed by atoms with E-state index in [1.54, 1.807) is 6.08 Å². The van der Waals surface area contributed by atoms with E-state index in [9.17, 15) is 0 Å². The maximum Gasteiger partial charge on any atom is -0.0393 e. The molecule has 0 atom stereocenters. The van der Waals surface area contributed by atoms with Crippen LogP contribution in [0.3, 0.4) is 0 Å². The van der Waals surface area contributed by atoms with Gasteiger partial charge in [0.15, 0.2) is 0 Å². The van der Waals surface area contributed by atoms with Gasteiger partial charge >= 0.3 is 0 Å². The number of hydrogen-bond acceptors (Lipinski definition) is 0. The van der Waals surface area contributed by atoms with Crippen LogP contribution in [0.1, 0.15) is 27.2 Å². The lowest BCUT2D eigenvalue weighted by atomic mass is 10.6. The molecule has 42 valence electrons. The van der Waals surface area contributed by atoms with Crippen molar-refractivity contribution in [1.29, 1.82) is 0 Å². The molecule has 0 heterocycles. The average molecular weight is 98.2 g/mol. The van der Waals surface area contributed by atoms with Gasteiger partial charge in [-0.05, 0) is 13.0 Å². The van der Waals surface area contributed by atoms with E-state index >= 15 is 0 Å². The van der Waals surface area contributed by atoms with E-state index in [1.807, 2.05) is 6.92 Å². The summed E-state index contributed by atoms with van der Waals surface area (Å²) in [5.74, 6) is 0. The van der Waals surface area contributed by atoms with Crippen molar-refractivity contribution in [2.45, 2.75) is 27.2 Å². The molecule has 0 aromatic rings. The Morgan fingerprint density at radius 1 is 1.57 bits per heavy atom. The third-order valence-corrected chi connectivity index (χ3v) is 0.204. The lowest BCUT2D eigenvalue weighted by Crippen LogP contribution is -1.27. The monoisotopic (exact) mass is 98.1 g/mol. The van der Waals surface area contributed by atoms with Crippen molar-refractivity contribution >= 4 is 0 Å². The normalized spacial score (nSPS) is 5.00. The molecular formula is C7H14. The highest BCUT2D eigenvalue weighted by Gasteiger charge is 1.35. The second-order valence-electron chi connectivity index (χ2n) is 1.20. The van der Waals surface area contributed by atoms with E-state index < -0.39 is 0 Å². The summed E-state index contributed by atoms with van der Waals surface area (Å²) in [6.45, 7) is 9.43. The molecule has 0 aromatic carbocycles. The number of allylic oxidation sites excluding steroid dienone is 1. The Labute approximate surface area is 46.6 Å². The Hall–Kier alpha value is -0.480. The predicted molar refractivity (Wildman–Crippen MR) is 35.3 cm³/mol. The van der Waals surface area contributed by atoms with E-state index in [0.717, 1.165) is 0 Å². The van der Waals surface area contributed by atoms with Crippen LogP contribution >= 0.6 is 0 Å². The van der Waals surface area contributed by atoms with E-state index in [-0.39, 0.29) is 0 Å². The maximum atomic E-state index is 3.30. The van der Waals surface area contributed by atoms with E-state index in [1.165, 1.54) is 6.42 Å². The predicted octanol–water partition coefficient (Wildman–Crippen LogP) is 2.76. The third kappa shape index (κ3) is 253. The summed E-state index contributed by atoms with van der Waals surface area (Å²) >= 11 is 0. The molecule has 0 aromatic heterocycles. The van der Waals surface area contributed by atoms with Gasteiger partial charge in [-0.3, -0.25) is 0 Å². The highest BCUT2D eigenvalue weighted by Crippen LogP contribution is 1.56. The van der Waals surface area contributed by atoms with Crippen LogP contribution in [0, 0.1) is 0 Å². The lowest BCUT2D eigenvalue weighted by molar-refractivity contribution is 1.09. The van der Waals surface area contributed by atoms with Crippen LogP contribution in [0.5, 0.6) is 0 Å². The molecule has 0 aliphatic heterocycles. The Morgan fingerprint density at radius 3 is 1.71 bits per heavy atom. The molecule has 0 nitrogen and oxygen atoms in total. The summed E-state index contributed by atoms with van der Waals surface area (Å²) in [5.41, 5.74) is 2.56. The highest BCUT2D eigenvalue weighted by molar-refractivity contribution is 4.67. The molecule has 0 heteroatoms. The average Bonchev–Trinajstić information content (AvgIpc) is 1.69. The minimum absolute atomic E-state index is 1.25. The summed E-state index contributed by atoms with van der Waals surface area (Å²) in [5, 5.41) is 0. The third-order valence-electron chi connectivity index (χ3n) is 0.204. The van der Waals surface area contributed by atoms with E-state index in [2.05, 4.69) is 26.2 Å². The van der Waals surface area contributed by atoms with Gasteiger partial charge in [0.1, 0.15) is 0 Å². The standard InChI is InChI=1S/C4H6.C3H8/c1-3-4-2;1-3-2/h4H,1H2,2H3;3H2,1-2H3. The molecule has 0 spiro atoms. The van der Waals surface area contributed by atoms with Gasteiger partial charge in [0.05, 0.1) is 0 Å². The molecule has 0 radical (unpaired) electrons. The van der Waals surface area contributed by atoms with Gasteiger partial charge in [0.2, 0.25) is 0 Å². The second kappa shape index (κ2) is 17.8. The molecular weight excluding hydrogens is 84.1 g/mol. The first kappa shape index (κ1) is 9.72. The first-order chi connectivity index (χ1) is 3.33. The van der Waals surface area contributed by atoms with Crippen LogP contribution < -0.4 is 0 Å².